The van der Waals surface area contributed by atoms with Gasteiger partial charge in [-0.2, -0.15) is 4.98 Å². The number of hydrogen-bond acceptors (Lipinski definition) is 4. The molecule has 0 N–H and O–H groups in total. The molecule has 0 saturated carbocycles. The van der Waals surface area contributed by atoms with E-state index in [1.54, 1.807) is 7.11 Å². The van der Waals surface area contributed by atoms with Crippen LogP contribution in [-0.2, 0) is 0 Å². The van der Waals surface area contributed by atoms with Crippen molar-refractivity contribution in [3.63, 3.8) is 0 Å². The normalized spacial score (nSPS) is 11.6. The Kier molecular flexibility index (Phi) is 4.09. The third kappa shape index (κ3) is 2.86. The van der Waals surface area contributed by atoms with Crippen LogP contribution in [0.15, 0.2) is 71.4 Å². The number of benzene rings is 3. The molecule has 0 aliphatic carbocycles. The van der Waals surface area contributed by atoms with Crippen LogP contribution in [0.4, 0.5) is 0 Å². The molecule has 0 atom stereocenters. The molecule has 0 aliphatic heterocycles. The average molecular weight is 383 g/mol. The maximum Gasteiger partial charge on any atom is 0.258 e. The minimum Gasteiger partial charge on any atom is -0.496 e. The smallest absolute Gasteiger partial charge is 0.258 e. The predicted octanol–water partition coefficient (Wildman–Crippen LogP) is 6.10. The van der Waals surface area contributed by atoms with Gasteiger partial charge in [-0.15, -0.1) is 0 Å². The van der Waals surface area contributed by atoms with Crippen molar-refractivity contribution < 1.29 is 9.26 Å². The second kappa shape index (κ2) is 6.78. The Morgan fingerprint density at radius 3 is 2.59 bits per heavy atom. The van der Waals surface area contributed by atoms with E-state index in [1.807, 2.05) is 42.5 Å². The van der Waals surface area contributed by atoms with Crippen molar-refractivity contribution in [3.05, 3.63) is 66.9 Å². The van der Waals surface area contributed by atoms with Crippen LogP contribution < -0.4 is 4.74 Å². The molecular formula is C24H21N3O2. The van der Waals surface area contributed by atoms with Crippen molar-refractivity contribution in [2.24, 2.45) is 0 Å². The van der Waals surface area contributed by atoms with Crippen LogP contribution in [-0.4, -0.2) is 21.8 Å². The molecular weight excluding hydrogens is 362 g/mol. The summed E-state index contributed by atoms with van der Waals surface area (Å²) >= 11 is 0. The fraction of sp³-hybridized carbons (Fsp3) is 0.167. The van der Waals surface area contributed by atoms with Gasteiger partial charge in [-0.1, -0.05) is 29.4 Å². The van der Waals surface area contributed by atoms with E-state index in [9.17, 15) is 0 Å². The number of aromatic nitrogens is 3. The minimum atomic E-state index is 0.414. The van der Waals surface area contributed by atoms with Crippen LogP contribution in [0, 0.1) is 0 Å². The van der Waals surface area contributed by atoms with Crippen molar-refractivity contribution in [1.29, 1.82) is 0 Å². The largest absolute Gasteiger partial charge is 0.496 e. The summed E-state index contributed by atoms with van der Waals surface area (Å²) in [4.78, 5) is 4.68. The number of hydrogen-bond donors (Lipinski definition) is 0. The van der Waals surface area contributed by atoms with Gasteiger partial charge in [-0.25, -0.2) is 0 Å². The van der Waals surface area contributed by atoms with Gasteiger partial charge in [0.15, 0.2) is 0 Å². The van der Waals surface area contributed by atoms with Crippen molar-refractivity contribution >= 4 is 21.7 Å². The summed E-state index contributed by atoms with van der Waals surface area (Å²) < 4.78 is 13.4. The number of fused-ring (bicyclic) bond motifs is 2. The van der Waals surface area contributed by atoms with Crippen molar-refractivity contribution in [1.82, 2.24) is 14.7 Å². The van der Waals surface area contributed by atoms with Crippen LogP contribution in [0.25, 0.3) is 44.5 Å². The Hall–Kier alpha value is -3.60. The molecule has 0 unspecified atom stereocenters. The van der Waals surface area contributed by atoms with Crippen LogP contribution in [0.5, 0.6) is 5.75 Å². The zero-order valence-corrected chi connectivity index (χ0v) is 16.6. The van der Waals surface area contributed by atoms with Crippen molar-refractivity contribution in [2.75, 3.05) is 7.11 Å². The summed E-state index contributed by atoms with van der Waals surface area (Å²) in [5.41, 5.74) is 3.03. The first kappa shape index (κ1) is 17.5. The lowest BCUT2D eigenvalue weighted by molar-refractivity contribution is 0.420. The zero-order chi connectivity index (χ0) is 20.0. The molecule has 0 spiro atoms. The quantitative estimate of drug-likeness (QED) is 0.376. The van der Waals surface area contributed by atoms with Crippen LogP contribution >= 0.6 is 0 Å². The van der Waals surface area contributed by atoms with E-state index in [4.69, 9.17) is 9.26 Å². The third-order valence-electron chi connectivity index (χ3n) is 5.29. The molecule has 0 saturated heterocycles. The summed E-state index contributed by atoms with van der Waals surface area (Å²) in [5, 5.41) is 7.46. The van der Waals surface area contributed by atoms with Gasteiger partial charge >= 0.3 is 0 Å². The summed E-state index contributed by atoms with van der Waals surface area (Å²) in [5.74, 6) is 1.91. The van der Waals surface area contributed by atoms with Gasteiger partial charge in [-0.3, -0.25) is 0 Å². The van der Waals surface area contributed by atoms with Crippen LogP contribution in [0.2, 0.25) is 0 Å². The Labute approximate surface area is 168 Å². The monoisotopic (exact) mass is 383 g/mol. The number of ether oxygens (including phenoxy) is 1. The van der Waals surface area contributed by atoms with Crippen LogP contribution in [0.1, 0.15) is 19.9 Å². The molecule has 2 heterocycles. The van der Waals surface area contributed by atoms with E-state index >= 15 is 0 Å². The molecule has 5 heteroatoms. The number of rotatable bonds is 4. The second-order valence-corrected chi connectivity index (χ2v) is 7.37. The van der Waals surface area contributed by atoms with Gasteiger partial charge in [0.1, 0.15) is 5.75 Å². The molecule has 5 nitrogen and oxygen atoms in total. The summed E-state index contributed by atoms with van der Waals surface area (Å²) in [6.07, 6.45) is 2.11. The molecule has 5 aromatic rings. The highest BCUT2D eigenvalue weighted by Crippen LogP contribution is 2.34. The van der Waals surface area contributed by atoms with Gasteiger partial charge in [0.05, 0.1) is 7.11 Å². The maximum atomic E-state index is 5.61. The molecule has 144 valence electrons. The van der Waals surface area contributed by atoms with Crippen molar-refractivity contribution in [2.45, 2.75) is 19.9 Å². The van der Waals surface area contributed by atoms with Crippen LogP contribution in [0.3, 0.4) is 0 Å². The standard InChI is InChI=1S/C24H21N3O2/c1-15(2)27-13-12-16-14-17(8-10-21(16)27)24-25-23(26-29-24)20-9-11-22(28-3)19-7-5-4-6-18(19)20/h4-15H,1-3H3. The molecule has 29 heavy (non-hydrogen) atoms. The number of methoxy groups -OCH3 is 1. The highest BCUT2D eigenvalue weighted by Gasteiger charge is 2.15. The lowest BCUT2D eigenvalue weighted by Crippen LogP contribution is -1.97. The summed E-state index contributed by atoms with van der Waals surface area (Å²) in [7, 11) is 1.68. The first-order valence-electron chi connectivity index (χ1n) is 9.66. The number of nitrogens with zero attached hydrogens (tertiary/aromatic N) is 3. The molecule has 0 fully saturated rings. The Balaban J connectivity index is 1.58. The predicted molar refractivity (Wildman–Crippen MR) is 115 cm³/mol. The minimum absolute atomic E-state index is 0.414. The second-order valence-electron chi connectivity index (χ2n) is 7.37. The van der Waals surface area contributed by atoms with Gasteiger partial charge in [0.25, 0.3) is 5.89 Å². The molecule has 2 aromatic heterocycles. The molecule has 3 aromatic carbocycles. The van der Waals surface area contributed by atoms with Crippen molar-refractivity contribution in [3.8, 4) is 28.6 Å². The molecule has 0 amide bonds. The highest BCUT2D eigenvalue weighted by atomic mass is 16.5. The maximum absolute atomic E-state index is 5.61. The van der Waals surface area contributed by atoms with Gasteiger partial charge in [-0.05, 0) is 55.6 Å². The summed E-state index contributed by atoms with van der Waals surface area (Å²) in [6, 6.07) is 20.8. The fourth-order valence-corrected chi connectivity index (χ4v) is 3.84. The molecule has 5 rings (SSSR count). The van der Waals surface area contributed by atoms with Gasteiger partial charge in [0, 0.05) is 39.7 Å². The fourth-order valence-electron chi connectivity index (χ4n) is 3.84. The van der Waals surface area contributed by atoms with Gasteiger partial charge < -0.3 is 13.8 Å². The van der Waals surface area contributed by atoms with E-state index in [-0.39, 0.29) is 0 Å². The Morgan fingerprint density at radius 2 is 1.79 bits per heavy atom. The van der Waals surface area contributed by atoms with E-state index in [0.717, 1.165) is 33.0 Å². The van der Waals surface area contributed by atoms with E-state index in [0.29, 0.717) is 17.8 Å². The molecule has 0 aliphatic rings. The average Bonchev–Trinajstić information content (AvgIpc) is 3.39. The van der Waals surface area contributed by atoms with E-state index in [2.05, 4.69) is 53.0 Å². The topological polar surface area (TPSA) is 53.1 Å². The zero-order valence-electron chi connectivity index (χ0n) is 16.6. The Morgan fingerprint density at radius 1 is 0.966 bits per heavy atom. The summed E-state index contributed by atoms with van der Waals surface area (Å²) in [6.45, 7) is 4.35. The highest BCUT2D eigenvalue weighted by molar-refractivity contribution is 5.99. The third-order valence-corrected chi connectivity index (χ3v) is 5.29. The van der Waals surface area contributed by atoms with Gasteiger partial charge in [0.2, 0.25) is 5.82 Å². The first-order chi connectivity index (χ1) is 14.2. The first-order valence-corrected chi connectivity index (χ1v) is 9.66. The lowest BCUT2D eigenvalue weighted by Gasteiger charge is -2.09. The lowest BCUT2D eigenvalue weighted by atomic mass is 10.0. The van der Waals surface area contributed by atoms with E-state index in [1.165, 1.54) is 5.52 Å². The molecule has 0 bridgehead atoms. The SMILES string of the molecule is COc1ccc(-c2noc(-c3ccc4c(ccn4C(C)C)c3)n2)c2ccccc12. The Bertz CT molecular complexity index is 1330. The molecule has 0 radical (unpaired) electrons. The van der Waals surface area contributed by atoms with E-state index < -0.39 is 0 Å².